The Hall–Kier alpha value is -1.48. The summed E-state index contributed by atoms with van der Waals surface area (Å²) in [6.07, 6.45) is 0.498. The van der Waals surface area contributed by atoms with Crippen molar-refractivity contribution in [1.29, 1.82) is 0 Å². The first-order valence-electron chi connectivity index (χ1n) is 7.65. The number of hydrogen-bond acceptors (Lipinski definition) is 6. The molecule has 132 valence electrons. The Kier molecular flexibility index (Phi) is 4.91. The standard InChI is InChI=1S/C15H19BrN2O5S/c1-18(10-2-5-24(20,21)9-10)15(19)8-17-12-7-14-13(6-11(12)16)22-3-4-23-14/h6-7,10,17H,2-5,8-9H2,1H3. The van der Waals surface area contributed by atoms with Gasteiger partial charge in [0, 0.05) is 29.7 Å². The van der Waals surface area contributed by atoms with Crippen LogP contribution < -0.4 is 14.8 Å². The Morgan fingerprint density at radius 2 is 2.00 bits per heavy atom. The highest BCUT2D eigenvalue weighted by Gasteiger charge is 2.32. The summed E-state index contributed by atoms with van der Waals surface area (Å²) < 4.78 is 34.9. The van der Waals surface area contributed by atoms with Crippen LogP contribution in [0.25, 0.3) is 0 Å². The summed E-state index contributed by atoms with van der Waals surface area (Å²) in [4.78, 5) is 13.8. The predicted octanol–water partition coefficient (Wildman–Crippen LogP) is 1.28. The van der Waals surface area contributed by atoms with Crippen molar-refractivity contribution in [3.8, 4) is 11.5 Å². The molecule has 0 aliphatic carbocycles. The lowest BCUT2D eigenvalue weighted by molar-refractivity contribution is -0.129. The topological polar surface area (TPSA) is 84.9 Å². The molecule has 1 atom stereocenters. The number of amides is 1. The second-order valence-electron chi connectivity index (χ2n) is 5.89. The van der Waals surface area contributed by atoms with E-state index in [-0.39, 0.29) is 30.0 Å². The third-order valence-electron chi connectivity index (χ3n) is 4.21. The van der Waals surface area contributed by atoms with Gasteiger partial charge in [-0.15, -0.1) is 0 Å². The third-order valence-corrected chi connectivity index (χ3v) is 6.62. The normalized spacial score (nSPS) is 21.3. The molecule has 0 spiro atoms. The first kappa shape index (κ1) is 17.3. The van der Waals surface area contributed by atoms with E-state index in [1.807, 2.05) is 0 Å². The van der Waals surface area contributed by atoms with Gasteiger partial charge in [0.2, 0.25) is 5.91 Å². The molecule has 7 nitrogen and oxygen atoms in total. The molecule has 0 bridgehead atoms. The Labute approximate surface area is 149 Å². The number of carbonyl (C=O) groups excluding carboxylic acids is 1. The van der Waals surface area contributed by atoms with Gasteiger partial charge in [-0.05, 0) is 22.4 Å². The van der Waals surface area contributed by atoms with Crippen molar-refractivity contribution in [2.75, 3.05) is 43.6 Å². The number of likely N-dealkylation sites (N-methyl/N-ethyl adjacent to an activating group) is 1. The minimum absolute atomic E-state index is 0.0446. The number of fused-ring (bicyclic) bond motifs is 1. The number of nitrogens with zero attached hydrogens (tertiary/aromatic N) is 1. The Balaban J connectivity index is 1.62. The van der Waals surface area contributed by atoms with Crippen LogP contribution in [0, 0.1) is 0 Å². The summed E-state index contributed by atoms with van der Waals surface area (Å²) in [5.74, 6) is 1.34. The van der Waals surface area contributed by atoms with Crippen LogP contribution in [-0.4, -0.2) is 63.6 Å². The van der Waals surface area contributed by atoms with E-state index in [1.54, 1.807) is 19.2 Å². The molecule has 24 heavy (non-hydrogen) atoms. The Morgan fingerprint density at radius 1 is 1.33 bits per heavy atom. The van der Waals surface area contributed by atoms with E-state index < -0.39 is 9.84 Å². The van der Waals surface area contributed by atoms with Crippen LogP contribution in [0.4, 0.5) is 5.69 Å². The zero-order valence-electron chi connectivity index (χ0n) is 13.2. The van der Waals surface area contributed by atoms with Gasteiger partial charge in [0.25, 0.3) is 0 Å². The number of sulfone groups is 1. The monoisotopic (exact) mass is 418 g/mol. The summed E-state index contributed by atoms with van der Waals surface area (Å²) in [6, 6.07) is 3.34. The molecule has 0 aromatic heterocycles. The van der Waals surface area contributed by atoms with Crippen LogP contribution in [0.2, 0.25) is 0 Å². The molecule has 1 unspecified atom stereocenters. The molecule has 2 heterocycles. The summed E-state index contributed by atoms with van der Waals surface area (Å²) >= 11 is 3.44. The Morgan fingerprint density at radius 3 is 2.62 bits per heavy atom. The number of carbonyl (C=O) groups is 1. The van der Waals surface area contributed by atoms with Crippen LogP contribution in [0.3, 0.4) is 0 Å². The van der Waals surface area contributed by atoms with Crippen LogP contribution in [0.5, 0.6) is 11.5 Å². The lowest BCUT2D eigenvalue weighted by atomic mass is 10.2. The van der Waals surface area contributed by atoms with E-state index >= 15 is 0 Å². The number of hydrogen-bond donors (Lipinski definition) is 1. The zero-order valence-corrected chi connectivity index (χ0v) is 15.7. The summed E-state index contributed by atoms with van der Waals surface area (Å²) in [5, 5.41) is 3.06. The van der Waals surface area contributed by atoms with Crippen LogP contribution in [0.1, 0.15) is 6.42 Å². The number of rotatable bonds is 4. The summed E-state index contributed by atoms with van der Waals surface area (Å²) in [7, 11) is -1.36. The molecule has 2 aliphatic heterocycles. The van der Waals surface area contributed by atoms with Crippen LogP contribution in [0.15, 0.2) is 16.6 Å². The highest BCUT2D eigenvalue weighted by molar-refractivity contribution is 9.10. The minimum atomic E-state index is -3.01. The average molecular weight is 419 g/mol. The lowest BCUT2D eigenvalue weighted by Gasteiger charge is -2.24. The quantitative estimate of drug-likeness (QED) is 0.792. The molecule has 1 N–H and O–H groups in total. The van der Waals surface area contributed by atoms with Crippen molar-refractivity contribution in [2.24, 2.45) is 0 Å². The SMILES string of the molecule is CN(C(=O)CNc1cc2c(cc1Br)OCCO2)C1CCS(=O)(=O)C1. The zero-order chi connectivity index (χ0) is 17.3. The van der Waals surface area contributed by atoms with Crippen molar-refractivity contribution in [3.63, 3.8) is 0 Å². The molecular formula is C15H19BrN2O5S. The maximum atomic E-state index is 12.3. The van der Waals surface area contributed by atoms with E-state index in [2.05, 4.69) is 21.2 Å². The second kappa shape index (κ2) is 6.79. The van der Waals surface area contributed by atoms with Gasteiger partial charge in [0.1, 0.15) is 13.2 Å². The first-order chi connectivity index (χ1) is 11.4. The van der Waals surface area contributed by atoms with Gasteiger partial charge in [-0.25, -0.2) is 8.42 Å². The van der Waals surface area contributed by atoms with E-state index in [0.717, 1.165) is 10.2 Å². The van der Waals surface area contributed by atoms with Crippen molar-refractivity contribution in [1.82, 2.24) is 4.90 Å². The van der Waals surface area contributed by atoms with Crippen LogP contribution in [-0.2, 0) is 14.6 Å². The molecule has 9 heteroatoms. The van der Waals surface area contributed by atoms with E-state index in [1.165, 1.54) is 4.90 Å². The number of nitrogens with one attached hydrogen (secondary N) is 1. The second-order valence-corrected chi connectivity index (χ2v) is 8.97. The summed E-state index contributed by atoms with van der Waals surface area (Å²) in [6.45, 7) is 1.08. The average Bonchev–Trinajstić information content (AvgIpc) is 2.91. The van der Waals surface area contributed by atoms with Gasteiger partial charge in [0.15, 0.2) is 21.3 Å². The van der Waals surface area contributed by atoms with E-state index in [9.17, 15) is 13.2 Å². The molecular weight excluding hydrogens is 400 g/mol. The van der Waals surface area contributed by atoms with Crippen LogP contribution >= 0.6 is 15.9 Å². The molecule has 3 rings (SSSR count). The van der Waals surface area contributed by atoms with Gasteiger partial charge in [-0.1, -0.05) is 0 Å². The van der Waals surface area contributed by atoms with Crippen molar-refractivity contribution < 1.29 is 22.7 Å². The largest absolute Gasteiger partial charge is 0.486 e. The first-order valence-corrected chi connectivity index (χ1v) is 10.3. The number of benzene rings is 1. The van der Waals surface area contributed by atoms with Gasteiger partial charge >= 0.3 is 0 Å². The van der Waals surface area contributed by atoms with Crippen molar-refractivity contribution in [3.05, 3.63) is 16.6 Å². The minimum Gasteiger partial charge on any atom is -0.486 e. The predicted molar refractivity (Wildman–Crippen MR) is 93.5 cm³/mol. The van der Waals surface area contributed by atoms with Gasteiger partial charge in [-0.2, -0.15) is 0 Å². The third kappa shape index (κ3) is 3.77. The molecule has 0 radical (unpaired) electrons. The lowest BCUT2D eigenvalue weighted by Crippen LogP contribution is -2.40. The summed E-state index contributed by atoms with van der Waals surface area (Å²) in [5.41, 5.74) is 0.722. The molecule has 1 amide bonds. The van der Waals surface area contributed by atoms with Crippen molar-refractivity contribution in [2.45, 2.75) is 12.5 Å². The molecule has 1 saturated heterocycles. The number of halogens is 1. The molecule has 2 aliphatic rings. The molecule has 1 aromatic rings. The fraction of sp³-hybridized carbons (Fsp3) is 0.533. The maximum Gasteiger partial charge on any atom is 0.241 e. The smallest absolute Gasteiger partial charge is 0.241 e. The van der Waals surface area contributed by atoms with Gasteiger partial charge < -0.3 is 19.7 Å². The molecule has 0 saturated carbocycles. The van der Waals surface area contributed by atoms with E-state index in [0.29, 0.717) is 31.1 Å². The number of ether oxygens (including phenoxy) is 2. The fourth-order valence-electron chi connectivity index (χ4n) is 2.78. The highest BCUT2D eigenvalue weighted by atomic mass is 79.9. The fourth-order valence-corrected chi connectivity index (χ4v) is 5.02. The van der Waals surface area contributed by atoms with Gasteiger partial charge in [0.05, 0.1) is 23.7 Å². The van der Waals surface area contributed by atoms with Gasteiger partial charge in [-0.3, -0.25) is 4.79 Å². The Bertz CT molecular complexity index is 752. The molecule has 1 fully saturated rings. The van der Waals surface area contributed by atoms with Crippen molar-refractivity contribution >= 4 is 37.4 Å². The number of anilines is 1. The highest BCUT2D eigenvalue weighted by Crippen LogP contribution is 2.38. The van der Waals surface area contributed by atoms with E-state index in [4.69, 9.17) is 9.47 Å². The maximum absolute atomic E-state index is 12.3. The molecule has 1 aromatic carbocycles.